The van der Waals surface area contributed by atoms with Gasteiger partial charge in [-0.1, -0.05) is 23.2 Å². The number of nitrogens with zero attached hydrogens (tertiary/aromatic N) is 1. The number of thioether (sulfide) groups is 1. The van der Waals surface area contributed by atoms with Gasteiger partial charge in [0, 0.05) is 10.6 Å². The van der Waals surface area contributed by atoms with Crippen molar-refractivity contribution < 1.29 is 4.74 Å². The van der Waals surface area contributed by atoms with Crippen LogP contribution >= 0.6 is 35.0 Å². The van der Waals surface area contributed by atoms with Gasteiger partial charge in [0.15, 0.2) is 0 Å². The molecule has 0 aliphatic rings. The SMILES string of the molecule is COc1ccc(SCc2nc(Cl)ccc2Cl)cc1. The van der Waals surface area contributed by atoms with Crippen molar-refractivity contribution in [1.29, 1.82) is 0 Å². The van der Waals surface area contributed by atoms with Crippen LogP contribution in [0.15, 0.2) is 41.3 Å². The number of ether oxygens (including phenoxy) is 1. The number of hydrogen-bond donors (Lipinski definition) is 0. The molecule has 0 saturated carbocycles. The number of aromatic nitrogens is 1. The van der Waals surface area contributed by atoms with Crippen molar-refractivity contribution in [3.05, 3.63) is 52.3 Å². The van der Waals surface area contributed by atoms with Crippen LogP contribution in [-0.4, -0.2) is 12.1 Å². The summed E-state index contributed by atoms with van der Waals surface area (Å²) in [6.07, 6.45) is 0. The van der Waals surface area contributed by atoms with Gasteiger partial charge in [-0.3, -0.25) is 0 Å². The average molecular weight is 300 g/mol. The van der Waals surface area contributed by atoms with Crippen molar-refractivity contribution in [2.45, 2.75) is 10.6 Å². The maximum atomic E-state index is 6.06. The fraction of sp³-hybridized carbons (Fsp3) is 0.154. The number of hydrogen-bond acceptors (Lipinski definition) is 3. The monoisotopic (exact) mass is 299 g/mol. The number of methoxy groups -OCH3 is 1. The Labute approximate surface area is 120 Å². The summed E-state index contributed by atoms with van der Waals surface area (Å²) in [5.74, 6) is 1.53. The summed E-state index contributed by atoms with van der Waals surface area (Å²) >= 11 is 13.6. The molecule has 0 spiro atoms. The third kappa shape index (κ3) is 3.55. The lowest BCUT2D eigenvalue weighted by molar-refractivity contribution is 0.414. The molecule has 0 aliphatic heterocycles. The van der Waals surface area contributed by atoms with E-state index in [0.29, 0.717) is 15.9 Å². The molecule has 2 rings (SSSR count). The summed E-state index contributed by atoms with van der Waals surface area (Å²) in [7, 11) is 1.65. The zero-order chi connectivity index (χ0) is 13.0. The minimum absolute atomic E-state index is 0.463. The second kappa shape index (κ2) is 6.32. The molecule has 5 heteroatoms. The molecule has 1 aromatic heterocycles. The van der Waals surface area contributed by atoms with E-state index in [0.717, 1.165) is 16.3 Å². The van der Waals surface area contributed by atoms with Crippen molar-refractivity contribution in [1.82, 2.24) is 4.98 Å². The Morgan fingerprint density at radius 3 is 2.50 bits per heavy atom. The molecular weight excluding hydrogens is 289 g/mol. The van der Waals surface area contributed by atoms with E-state index in [1.165, 1.54) is 0 Å². The topological polar surface area (TPSA) is 22.1 Å². The predicted octanol–water partition coefficient (Wildman–Crippen LogP) is 4.69. The average Bonchev–Trinajstić information content (AvgIpc) is 2.40. The van der Waals surface area contributed by atoms with Gasteiger partial charge < -0.3 is 4.74 Å². The smallest absolute Gasteiger partial charge is 0.129 e. The first-order valence-corrected chi connectivity index (χ1v) is 7.01. The van der Waals surface area contributed by atoms with Gasteiger partial charge in [0.25, 0.3) is 0 Å². The van der Waals surface area contributed by atoms with Gasteiger partial charge in [-0.2, -0.15) is 0 Å². The first-order valence-electron chi connectivity index (χ1n) is 5.27. The Morgan fingerprint density at radius 1 is 1.11 bits per heavy atom. The highest BCUT2D eigenvalue weighted by molar-refractivity contribution is 7.98. The molecule has 0 atom stereocenters. The fourth-order valence-electron chi connectivity index (χ4n) is 1.38. The molecule has 1 aromatic carbocycles. The Morgan fingerprint density at radius 2 is 1.83 bits per heavy atom. The Kier molecular flexibility index (Phi) is 4.75. The minimum Gasteiger partial charge on any atom is -0.497 e. The van der Waals surface area contributed by atoms with Gasteiger partial charge >= 0.3 is 0 Å². The molecule has 0 fully saturated rings. The van der Waals surface area contributed by atoms with E-state index in [-0.39, 0.29) is 0 Å². The zero-order valence-electron chi connectivity index (χ0n) is 9.69. The van der Waals surface area contributed by atoms with Crippen LogP contribution in [0.3, 0.4) is 0 Å². The van der Waals surface area contributed by atoms with Gasteiger partial charge in [-0.05, 0) is 36.4 Å². The minimum atomic E-state index is 0.463. The standard InChI is InChI=1S/C13H11Cl2NOS/c1-17-9-2-4-10(5-3-9)18-8-12-11(14)6-7-13(15)16-12/h2-7H,8H2,1H3. The molecule has 18 heavy (non-hydrogen) atoms. The van der Waals surface area contributed by atoms with Gasteiger partial charge in [0.1, 0.15) is 10.9 Å². The van der Waals surface area contributed by atoms with Crippen LogP contribution in [0.5, 0.6) is 5.75 Å². The van der Waals surface area contributed by atoms with E-state index in [4.69, 9.17) is 27.9 Å². The van der Waals surface area contributed by atoms with Crippen molar-refractivity contribution in [3.8, 4) is 5.75 Å². The predicted molar refractivity (Wildman–Crippen MR) is 76.8 cm³/mol. The second-order valence-corrected chi connectivity index (χ2v) is 5.37. The molecule has 0 N–H and O–H groups in total. The highest BCUT2D eigenvalue weighted by atomic mass is 35.5. The van der Waals surface area contributed by atoms with Crippen molar-refractivity contribution >= 4 is 35.0 Å². The van der Waals surface area contributed by atoms with E-state index in [1.54, 1.807) is 31.0 Å². The van der Waals surface area contributed by atoms with E-state index in [9.17, 15) is 0 Å². The van der Waals surface area contributed by atoms with Crippen LogP contribution in [0.2, 0.25) is 10.2 Å². The van der Waals surface area contributed by atoms with Crippen LogP contribution in [0, 0.1) is 0 Å². The number of rotatable bonds is 4. The maximum Gasteiger partial charge on any atom is 0.129 e. The Bertz CT molecular complexity index is 531. The third-order valence-corrected chi connectivity index (χ3v) is 3.90. The first kappa shape index (κ1) is 13.5. The Balaban J connectivity index is 2.04. The molecule has 2 nitrogen and oxygen atoms in total. The molecule has 2 aromatic rings. The molecular formula is C13H11Cl2NOS. The molecule has 94 valence electrons. The summed E-state index contributed by atoms with van der Waals surface area (Å²) in [5.41, 5.74) is 0.796. The lowest BCUT2D eigenvalue weighted by Gasteiger charge is -2.05. The van der Waals surface area contributed by atoms with Gasteiger partial charge in [0.05, 0.1) is 17.8 Å². The van der Waals surface area contributed by atoms with E-state index in [1.807, 2.05) is 24.3 Å². The molecule has 0 unspecified atom stereocenters. The molecule has 0 radical (unpaired) electrons. The number of benzene rings is 1. The maximum absolute atomic E-state index is 6.06. The summed E-state index contributed by atoms with van der Waals surface area (Å²) in [4.78, 5) is 5.34. The summed E-state index contributed by atoms with van der Waals surface area (Å²) < 4.78 is 5.11. The second-order valence-electron chi connectivity index (χ2n) is 3.53. The van der Waals surface area contributed by atoms with E-state index >= 15 is 0 Å². The van der Waals surface area contributed by atoms with Gasteiger partial charge in [-0.25, -0.2) is 4.98 Å². The number of pyridine rings is 1. The highest BCUT2D eigenvalue weighted by Gasteiger charge is 2.04. The highest BCUT2D eigenvalue weighted by Crippen LogP contribution is 2.27. The van der Waals surface area contributed by atoms with Crippen LogP contribution in [0.1, 0.15) is 5.69 Å². The van der Waals surface area contributed by atoms with E-state index < -0.39 is 0 Å². The normalized spacial score (nSPS) is 10.4. The van der Waals surface area contributed by atoms with E-state index in [2.05, 4.69) is 4.98 Å². The van der Waals surface area contributed by atoms with Crippen LogP contribution in [0.25, 0.3) is 0 Å². The molecule has 0 aliphatic carbocycles. The van der Waals surface area contributed by atoms with Crippen LogP contribution in [-0.2, 0) is 5.75 Å². The molecule has 0 bridgehead atoms. The quantitative estimate of drug-likeness (QED) is 0.604. The van der Waals surface area contributed by atoms with Crippen LogP contribution in [0.4, 0.5) is 0 Å². The van der Waals surface area contributed by atoms with Gasteiger partial charge in [0.2, 0.25) is 0 Å². The zero-order valence-corrected chi connectivity index (χ0v) is 12.0. The fourth-order valence-corrected chi connectivity index (χ4v) is 2.65. The van der Waals surface area contributed by atoms with Crippen molar-refractivity contribution in [3.63, 3.8) is 0 Å². The van der Waals surface area contributed by atoms with Crippen molar-refractivity contribution in [2.24, 2.45) is 0 Å². The lowest BCUT2D eigenvalue weighted by Crippen LogP contribution is -1.89. The Hall–Kier alpha value is -0.900. The molecule has 0 amide bonds. The number of halogens is 2. The molecule has 1 heterocycles. The summed E-state index contributed by atoms with van der Waals surface area (Å²) in [6, 6.07) is 11.3. The largest absolute Gasteiger partial charge is 0.497 e. The summed E-state index contributed by atoms with van der Waals surface area (Å²) in [6.45, 7) is 0. The first-order chi connectivity index (χ1) is 8.69. The molecule has 0 saturated heterocycles. The summed E-state index contributed by atoms with van der Waals surface area (Å²) in [5, 5.41) is 1.10. The third-order valence-electron chi connectivity index (χ3n) is 2.32. The van der Waals surface area contributed by atoms with Gasteiger partial charge in [-0.15, -0.1) is 11.8 Å². The van der Waals surface area contributed by atoms with Crippen molar-refractivity contribution in [2.75, 3.05) is 7.11 Å². The lowest BCUT2D eigenvalue weighted by atomic mass is 10.3. The van der Waals surface area contributed by atoms with Crippen LogP contribution < -0.4 is 4.74 Å².